The van der Waals surface area contributed by atoms with Gasteiger partial charge in [-0.15, -0.1) is 0 Å². The van der Waals surface area contributed by atoms with E-state index in [2.05, 4.69) is 4.98 Å². The summed E-state index contributed by atoms with van der Waals surface area (Å²) in [6, 6.07) is 1.10. The van der Waals surface area contributed by atoms with Crippen LogP contribution in [0.4, 0.5) is 4.39 Å². The molecule has 0 aliphatic heterocycles. The predicted molar refractivity (Wildman–Crippen MR) is 64.5 cm³/mol. The quantitative estimate of drug-likeness (QED) is 0.781. The van der Waals surface area contributed by atoms with Gasteiger partial charge < -0.3 is 4.90 Å². The summed E-state index contributed by atoms with van der Waals surface area (Å²) in [5, 5.41) is 0.0300. The van der Waals surface area contributed by atoms with Gasteiger partial charge in [0, 0.05) is 19.3 Å². The average Bonchev–Trinajstić information content (AvgIpc) is 2.28. The molecule has 0 unspecified atom stereocenters. The van der Waals surface area contributed by atoms with Gasteiger partial charge in [0.1, 0.15) is 11.0 Å². The SMILES string of the molecule is CSCCN(C)C(=O)c1cc(F)cnc1Cl. The first-order chi connectivity index (χ1) is 7.56. The molecular formula is C10H12ClFN2OS. The van der Waals surface area contributed by atoms with E-state index in [1.54, 1.807) is 18.8 Å². The first-order valence-electron chi connectivity index (χ1n) is 4.61. The molecule has 1 aromatic heterocycles. The monoisotopic (exact) mass is 262 g/mol. The number of halogens is 2. The Morgan fingerprint density at radius 1 is 1.69 bits per heavy atom. The molecule has 0 spiro atoms. The summed E-state index contributed by atoms with van der Waals surface area (Å²) < 4.78 is 12.9. The fourth-order valence-electron chi connectivity index (χ4n) is 1.11. The van der Waals surface area contributed by atoms with Crippen molar-refractivity contribution in [1.29, 1.82) is 0 Å². The van der Waals surface area contributed by atoms with E-state index in [0.29, 0.717) is 6.54 Å². The van der Waals surface area contributed by atoms with Crippen LogP contribution in [-0.4, -0.2) is 41.4 Å². The predicted octanol–water partition coefficient (Wildman–Crippen LogP) is 2.31. The summed E-state index contributed by atoms with van der Waals surface area (Å²) in [5.74, 6) is -0.0557. The number of hydrogen-bond donors (Lipinski definition) is 0. The van der Waals surface area contributed by atoms with Gasteiger partial charge in [-0.1, -0.05) is 11.6 Å². The van der Waals surface area contributed by atoms with Crippen molar-refractivity contribution in [3.05, 3.63) is 28.8 Å². The Balaban J connectivity index is 2.83. The summed E-state index contributed by atoms with van der Waals surface area (Å²) >= 11 is 7.37. The van der Waals surface area contributed by atoms with Gasteiger partial charge >= 0.3 is 0 Å². The van der Waals surface area contributed by atoms with Crippen LogP contribution >= 0.6 is 23.4 Å². The van der Waals surface area contributed by atoms with Crippen LogP contribution in [0.1, 0.15) is 10.4 Å². The highest BCUT2D eigenvalue weighted by atomic mass is 35.5. The third kappa shape index (κ3) is 3.35. The highest BCUT2D eigenvalue weighted by Crippen LogP contribution is 2.15. The molecule has 6 heteroatoms. The lowest BCUT2D eigenvalue weighted by Crippen LogP contribution is -2.29. The lowest BCUT2D eigenvalue weighted by molar-refractivity contribution is 0.0803. The van der Waals surface area contributed by atoms with Gasteiger partial charge in [-0.25, -0.2) is 9.37 Å². The number of hydrogen-bond acceptors (Lipinski definition) is 3. The first kappa shape index (κ1) is 13.3. The number of amides is 1. The van der Waals surface area contributed by atoms with Crippen LogP contribution in [0.15, 0.2) is 12.3 Å². The van der Waals surface area contributed by atoms with E-state index in [1.807, 2.05) is 6.26 Å². The lowest BCUT2D eigenvalue weighted by atomic mass is 10.2. The fourth-order valence-corrected chi connectivity index (χ4v) is 1.75. The molecule has 88 valence electrons. The third-order valence-electron chi connectivity index (χ3n) is 2.01. The third-order valence-corrected chi connectivity index (χ3v) is 2.91. The zero-order valence-electron chi connectivity index (χ0n) is 9.04. The number of carbonyl (C=O) groups is 1. The van der Waals surface area contributed by atoms with E-state index in [9.17, 15) is 9.18 Å². The van der Waals surface area contributed by atoms with Crippen molar-refractivity contribution in [3.63, 3.8) is 0 Å². The molecule has 1 heterocycles. The van der Waals surface area contributed by atoms with Crippen molar-refractivity contribution in [1.82, 2.24) is 9.88 Å². The van der Waals surface area contributed by atoms with Crippen LogP contribution in [0, 0.1) is 5.82 Å². The number of pyridine rings is 1. The maximum Gasteiger partial charge on any atom is 0.256 e. The van der Waals surface area contributed by atoms with Crippen molar-refractivity contribution in [3.8, 4) is 0 Å². The lowest BCUT2D eigenvalue weighted by Gasteiger charge is -2.16. The first-order valence-corrected chi connectivity index (χ1v) is 6.39. The minimum Gasteiger partial charge on any atom is -0.341 e. The van der Waals surface area contributed by atoms with Gasteiger partial charge in [-0.2, -0.15) is 11.8 Å². The largest absolute Gasteiger partial charge is 0.341 e. The van der Waals surface area contributed by atoms with Crippen molar-refractivity contribution in [2.45, 2.75) is 0 Å². The highest BCUT2D eigenvalue weighted by Gasteiger charge is 2.16. The van der Waals surface area contributed by atoms with Crippen molar-refractivity contribution >= 4 is 29.3 Å². The van der Waals surface area contributed by atoms with E-state index in [0.717, 1.165) is 18.0 Å². The normalized spacial score (nSPS) is 10.2. The molecule has 0 aliphatic carbocycles. The minimum absolute atomic E-state index is 0.0300. The van der Waals surface area contributed by atoms with E-state index in [-0.39, 0.29) is 16.6 Å². The molecule has 1 rings (SSSR count). The molecule has 1 aromatic rings. The van der Waals surface area contributed by atoms with E-state index in [1.165, 1.54) is 4.90 Å². The standard InChI is InChI=1S/C10H12ClFN2OS/c1-14(3-4-16-2)10(15)8-5-7(12)6-13-9(8)11/h5-6H,3-4H2,1-2H3. The van der Waals surface area contributed by atoms with Gasteiger partial charge in [-0.05, 0) is 12.3 Å². The Kier molecular flexibility index (Phi) is 5.02. The summed E-state index contributed by atoms with van der Waals surface area (Å²) in [4.78, 5) is 16.9. The van der Waals surface area contributed by atoms with Gasteiger partial charge in [0.25, 0.3) is 5.91 Å². The topological polar surface area (TPSA) is 33.2 Å². The van der Waals surface area contributed by atoms with Crippen LogP contribution < -0.4 is 0 Å². The van der Waals surface area contributed by atoms with Gasteiger partial charge in [0.15, 0.2) is 0 Å². The molecule has 16 heavy (non-hydrogen) atoms. The second-order valence-electron chi connectivity index (χ2n) is 3.21. The smallest absolute Gasteiger partial charge is 0.256 e. The second kappa shape index (κ2) is 6.06. The summed E-state index contributed by atoms with van der Waals surface area (Å²) in [6.45, 7) is 0.590. The zero-order chi connectivity index (χ0) is 12.1. The number of aromatic nitrogens is 1. The molecule has 3 nitrogen and oxygen atoms in total. The highest BCUT2D eigenvalue weighted by molar-refractivity contribution is 7.98. The van der Waals surface area contributed by atoms with E-state index < -0.39 is 5.82 Å². The molecule has 0 saturated heterocycles. The number of thioether (sulfide) groups is 1. The maximum absolute atomic E-state index is 12.9. The van der Waals surface area contributed by atoms with Gasteiger partial charge in [-0.3, -0.25) is 4.79 Å². The maximum atomic E-state index is 12.9. The van der Waals surface area contributed by atoms with Gasteiger partial charge in [0.2, 0.25) is 0 Å². The van der Waals surface area contributed by atoms with Crippen LogP contribution in [0.25, 0.3) is 0 Å². The molecule has 0 N–H and O–H groups in total. The molecule has 0 fully saturated rings. The minimum atomic E-state index is -0.564. The molecule has 0 atom stereocenters. The average molecular weight is 263 g/mol. The van der Waals surface area contributed by atoms with Crippen molar-refractivity contribution in [2.24, 2.45) is 0 Å². The molecule has 1 amide bonds. The van der Waals surface area contributed by atoms with Crippen molar-refractivity contribution < 1.29 is 9.18 Å². The Hall–Kier alpha value is -0.810. The Morgan fingerprint density at radius 2 is 2.38 bits per heavy atom. The molecular weight excluding hydrogens is 251 g/mol. The van der Waals surface area contributed by atoms with Crippen LogP contribution in [-0.2, 0) is 0 Å². The number of nitrogens with zero attached hydrogens (tertiary/aromatic N) is 2. The fraction of sp³-hybridized carbons (Fsp3) is 0.400. The Labute approximate surface area is 103 Å². The zero-order valence-corrected chi connectivity index (χ0v) is 10.6. The molecule has 0 bridgehead atoms. The molecule has 0 saturated carbocycles. The van der Waals surface area contributed by atoms with Crippen LogP contribution in [0.2, 0.25) is 5.15 Å². The van der Waals surface area contributed by atoms with Crippen molar-refractivity contribution in [2.75, 3.05) is 25.6 Å². The summed E-state index contributed by atoms with van der Waals surface area (Å²) in [6.07, 6.45) is 2.94. The number of rotatable bonds is 4. The van der Waals surface area contributed by atoms with Crippen LogP contribution in [0.5, 0.6) is 0 Å². The van der Waals surface area contributed by atoms with Gasteiger partial charge in [0.05, 0.1) is 11.8 Å². The Morgan fingerprint density at radius 3 is 3.00 bits per heavy atom. The van der Waals surface area contributed by atoms with E-state index in [4.69, 9.17) is 11.6 Å². The second-order valence-corrected chi connectivity index (χ2v) is 4.56. The molecule has 0 radical (unpaired) electrons. The van der Waals surface area contributed by atoms with Crippen LogP contribution in [0.3, 0.4) is 0 Å². The Bertz CT molecular complexity index is 389. The number of carbonyl (C=O) groups excluding carboxylic acids is 1. The van der Waals surface area contributed by atoms with E-state index >= 15 is 0 Å². The summed E-state index contributed by atoms with van der Waals surface area (Å²) in [5.41, 5.74) is 0.102. The summed E-state index contributed by atoms with van der Waals surface area (Å²) in [7, 11) is 1.65. The molecule has 0 aliphatic rings. The molecule has 0 aromatic carbocycles.